The van der Waals surface area contributed by atoms with E-state index in [1.807, 2.05) is 38.2 Å². The molecule has 118 valence electrons. The third-order valence-electron chi connectivity index (χ3n) is 3.60. The first-order chi connectivity index (χ1) is 11.1. The standard InChI is InChI=1S/C17H18N4O2/c1-12-5-3-6-14(18-12)7-4-10-23-17(22)13-8-9-16-15(11-13)19-20-21(16)2/h3,5-6,8-9,11H,4,7,10H2,1-2H3. The first-order valence-corrected chi connectivity index (χ1v) is 7.52. The molecule has 0 saturated carbocycles. The molecule has 0 unspecified atom stereocenters. The molecule has 0 radical (unpaired) electrons. The van der Waals surface area contributed by atoms with Crippen molar-refractivity contribution in [3.05, 3.63) is 53.3 Å². The van der Waals surface area contributed by atoms with Crippen molar-refractivity contribution < 1.29 is 9.53 Å². The van der Waals surface area contributed by atoms with Crippen LogP contribution in [-0.4, -0.2) is 32.6 Å². The highest BCUT2D eigenvalue weighted by Gasteiger charge is 2.10. The fraction of sp³-hybridized carbons (Fsp3) is 0.294. The van der Waals surface area contributed by atoms with Crippen LogP contribution in [0.25, 0.3) is 11.0 Å². The monoisotopic (exact) mass is 310 g/mol. The van der Waals surface area contributed by atoms with E-state index in [4.69, 9.17) is 4.74 Å². The SMILES string of the molecule is Cc1cccc(CCCOC(=O)c2ccc3c(c2)nnn3C)n1. The number of carbonyl (C=O) groups excluding carboxylic acids is 1. The summed E-state index contributed by atoms with van der Waals surface area (Å²) in [5, 5.41) is 7.92. The number of pyridine rings is 1. The molecule has 6 nitrogen and oxygen atoms in total. The average molecular weight is 310 g/mol. The number of benzene rings is 1. The maximum Gasteiger partial charge on any atom is 0.338 e. The highest BCUT2D eigenvalue weighted by atomic mass is 16.5. The molecule has 3 rings (SSSR count). The van der Waals surface area contributed by atoms with E-state index in [9.17, 15) is 4.79 Å². The predicted molar refractivity (Wildman–Crippen MR) is 86.1 cm³/mol. The third-order valence-corrected chi connectivity index (χ3v) is 3.60. The lowest BCUT2D eigenvalue weighted by Crippen LogP contribution is -2.07. The number of esters is 1. The zero-order valence-corrected chi connectivity index (χ0v) is 13.2. The fourth-order valence-corrected chi connectivity index (χ4v) is 2.41. The van der Waals surface area contributed by atoms with Gasteiger partial charge < -0.3 is 4.74 Å². The van der Waals surface area contributed by atoms with Crippen LogP contribution < -0.4 is 0 Å². The Kier molecular flexibility index (Phi) is 4.32. The highest BCUT2D eigenvalue weighted by molar-refractivity contribution is 5.93. The Morgan fingerprint density at radius 3 is 2.96 bits per heavy atom. The zero-order valence-electron chi connectivity index (χ0n) is 13.2. The summed E-state index contributed by atoms with van der Waals surface area (Å²) in [6.45, 7) is 2.33. The van der Waals surface area contributed by atoms with E-state index >= 15 is 0 Å². The predicted octanol–water partition coefficient (Wildman–Crippen LogP) is 2.46. The Labute approximate surface area is 134 Å². The summed E-state index contributed by atoms with van der Waals surface area (Å²) in [7, 11) is 1.81. The van der Waals surface area contributed by atoms with Crippen LogP contribution in [0.15, 0.2) is 36.4 Å². The lowest BCUT2D eigenvalue weighted by atomic mass is 10.2. The van der Waals surface area contributed by atoms with E-state index in [2.05, 4.69) is 15.3 Å². The first kappa shape index (κ1) is 15.1. The van der Waals surface area contributed by atoms with Crippen LogP contribution in [0.2, 0.25) is 0 Å². The summed E-state index contributed by atoms with van der Waals surface area (Å²) in [5.41, 5.74) is 4.07. The van der Waals surface area contributed by atoms with Crippen molar-refractivity contribution in [1.82, 2.24) is 20.0 Å². The van der Waals surface area contributed by atoms with Crippen LogP contribution >= 0.6 is 0 Å². The Morgan fingerprint density at radius 1 is 1.26 bits per heavy atom. The molecule has 0 saturated heterocycles. The molecule has 0 aliphatic heterocycles. The Balaban J connectivity index is 1.54. The molecular weight excluding hydrogens is 292 g/mol. The van der Waals surface area contributed by atoms with Gasteiger partial charge in [0.25, 0.3) is 0 Å². The molecule has 2 heterocycles. The van der Waals surface area contributed by atoms with Crippen LogP contribution in [0.1, 0.15) is 28.2 Å². The van der Waals surface area contributed by atoms with Gasteiger partial charge in [-0.15, -0.1) is 5.10 Å². The second kappa shape index (κ2) is 6.56. The summed E-state index contributed by atoms with van der Waals surface area (Å²) in [5.74, 6) is -0.338. The number of hydrogen-bond donors (Lipinski definition) is 0. The Morgan fingerprint density at radius 2 is 2.13 bits per heavy atom. The van der Waals surface area contributed by atoms with Gasteiger partial charge in [0, 0.05) is 18.4 Å². The maximum absolute atomic E-state index is 12.1. The van der Waals surface area contributed by atoms with Gasteiger partial charge in [-0.2, -0.15) is 0 Å². The van der Waals surface area contributed by atoms with Gasteiger partial charge in [-0.05, 0) is 50.1 Å². The van der Waals surface area contributed by atoms with Crippen LogP contribution in [0, 0.1) is 6.92 Å². The van der Waals surface area contributed by atoms with Gasteiger partial charge in [-0.3, -0.25) is 4.98 Å². The number of aromatic nitrogens is 4. The van der Waals surface area contributed by atoms with Crippen LogP contribution in [-0.2, 0) is 18.2 Å². The summed E-state index contributed by atoms with van der Waals surface area (Å²) in [6.07, 6.45) is 1.54. The average Bonchev–Trinajstić information content (AvgIpc) is 2.92. The molecule has 0 aliphatic rings. The molecule has 0 fully saturated rings. The van der Waals surface area contributed by atoms with Crippen LogP contribution in [0.4, 0.5) is 0 Å². The maximum atomic E-state index is 12.1. The number of nitrogens with zero attached hydrogens (tertiary/aromatic N) is 4. The smallest absolute Gasteiger partial charge is 0.338 e. The summed E-state index contributed by atoms with van der Waals surface area (Å²) < 4.78 is 6.98. The van der Waals surface area contributed by atoms with Gasteiger partial charge in [0.05, 0.1) is 17.7 Å². The minimum Gasteiger partial charge on any atom is -0.462 e. The van der Waals surface area contributed by atoms with E-state index in [1.54, 1.807) is 16.8 Å². The quantitative estimate of drug-likeness (QED) is 0.535. The van der Waals surface area contributed by atoms with Crippen LogP contribution in [0.5, 0.6) is 0 Å². The fourth-order valence-electron chi connectivity index (χ4n) is 2.41. The van der Waals surface area contributed by atoms with Crippen molar-refractivity contribution in [2.75, 3.05) is 6.61 Å². The molecular formula is C17H18N4O2. The molecule has 0 atom stereocenters. The second-order valence-electron chi connectivity index (χ2n) is 5.43. The van der Waals surface area contributed by atoms with Crippen molar-refractivity contribution in [1.29, 1.82) is 0 Å². The second-order valence-corrected chi connectivity index (χ2v) is 5.43. The molecule has 0 N–H and O–H groups in total. The molecule has 0 amide bonds. The normalized spacial score (nSPS) is 10.9. The minimum atomic E-state index is -0.338. The van der Waals surface area contributed by atoms with Crippen molar-refractivity contribution in [3.8, 4) is 0 Å². The van der Waals surface area contributed by atoms with Gasteiger partial charge in [0.2, 0.25) is 0 Å². The molecule has 3 aromatic rings. The van der Waals surface area contributed by atoms with Gasteiger partial charge in [0.15, 0.2) is 0 Å². The van der Waals surface area contributed by atoms with Gasteiger partial charge >= 0.3 is 5.97 Å². The number of hydrogen-bond acceptors (Lipinski definition) is 5. The largest absolute Gasteiger partial charge is 0.462 e. The number of ether oxygens (including phenoxy) is 1. The van der Waals surface area contributed by atoms with Crippen LogP contribution in [0.3, 0.4) is 0 Å². The topological polar surface area (TPSA) is 69.9 Å². The highest BCUT2D eigenvalue weighted by Crippen LogP contribution is 2.13. The lowest BCUT2D eigenvalue weighted by molar-refractivity contribution is 0.0500. The van der Waals surface area contributed by atoms with E-state index in [0.29, 0.717) is 17.7 Å². The number of rotatable bonds is 5. The van der Waals surface area contributed by atoms with E-state index in [-0.39, 0.29) is 5.97 Å². The Bertz CT molecular complexity index is 841. The number of carbonyl (C=O) groups is 1. The first-order valence-electron chi connectivity index (χ1n) is 7.52. The van der Waals surface area contributed by atoms with E-state index in [1.165, 1.54) is 0 Å². The van der Waals surface area contributed by atoms with Gasteiger partial charge in [0.1, 0.15) is 5.52 Å². The molecule has 0 spiro atoms. The number of fused-ring (bicyclic) bond motifs is 1. The third kappa shape index (κ3) is 3.53. The van der Waals surface area contributed by atoms with Crippen molar-refractivity contribution in [2.45, 2.75) is 19.8 Å². The molecule has 6 heteroatoms. The lowest BCUT2D eigenvalue weighted by Gasteiger charge is -2.05. The van der Waals surface area contributed by atoms with Crippen molar-refractivity contribution in [3.63, 3.8) is 0 Å². The van der Waals surface area contributed by atoms with Crippen molar-refractivity contribution in [2.24, 2.45) is 7.05 Å². The van der Waals surface area contributed by atoms with Crippen molar-refractivity contribution >= 4 is 17.0 Å². The summed E-state index contributed by atoms with van der Waals surface area (Å²) in [6, 6.07) is 11.2. The zero-order chi connectivity index (χ0) is 16.2. The van der Waals surface area contributed by atoms with Gasteiger partial charge in [-0.1, -0.05) is 11.3 Å². The van der Waals surface area contributed by atoms with E-state index < -0.39 is 0 Å². The summed E-state index contributed by atoms with van der Waals surface area (Å²) in [4.78, 5) is 16.5. The molecule has 2 aromatic heterocycles. The molecule has 0 aliphatic carbocycles. The van der Waals surface area contributed by atoms with E-state index in [0.717, 1.165) is 29.7 Å². The Hall–Kier alpha value is -2.76. The molecule has 1 aromatic carbocycles. The van der Waals surface area contributed by atoms with Gasteiger partial charge in [-0.25, -0.2) is 9.48 Å². The number of aryl methyl sites for hydroxylation is 3. The summed E-state index contributed by atoms with van der Waals surface area (Å²) >= 11 is 0. The molecule has 23 heavy (non-hydrogen) atoms. The minimum absolute atomic E-state index is 0.338. The molecule has 0 bridgehead atoms.